The van der Waals surface area contributed by atoms with Crippen LogP contribution in [0.5, 0.6) is 0 Å². The van der Waals surface area contributed by atoms with Crippen LogP contribution < -0.4 is 10.6 Å². The molecule has 1 aromatic carbocycles. The molecular formula is C17H18N4O. The smallest absolute Gasteiger partial charge is 0.137 e. The molecule has 3 heterocycles. The molecule has 2 N–H and O–H groups in total. The highest BCUT2D eigenvalue weighted by molar-refractivity contribution is 5.68. The number of hydrogen-bond acceptors (Lipinski definition) is 4. The molecule has 22 heavy (non-hydrogen) atoms. The number of rotatable bonds is 2. The molecule has 0 saturated carbocycles. The predicted molar refractivity (Wildman–Crippen MR) is 88.1 cm³/mol. The van der Waals surface area contributed by atoms with Gasteiger partial charge in [0.05, 0.1) is 30.8 Å². The van der Waals surface area contributed by atoms with Gasteiger partial charge in [-0.15, -0.1) is 0 Å². The number of fused-ring (bicyclic) bond motifs is 1. The molecule has 0 unspecified atom stereocenters. The van der Waals surface area contributed by atoms with Gasteiger partial charge in [-0.25, -0.2) is 4.98 Å². The van der Waals surface area contributed by atoms with Gasteiger partial charge >= 0.3 is 0 Å². The van der Waals surface area contributed by atoms with E-state index in [0.29, 0.717) is 0 Å². The van der Waals surface area contributed by atoms with Gasteiger partial charge in [0, 0.05) is 30.5 Å². The first kappa shape index (κ1) is 13.2. The maximum Gasteiger partial charge on any atom is 0.137 e. The van der Waals surface area contributed by atoms with Crippen LogP contribution in [0, 0.1) is 0 Å². The third-order valence-corrected chi connectivity index (χ3v) is 4.05. The number of imidazole rings is 1. The highest BCUT2D eigenvalue weighted by Crippen LogP contribution is 2.25. The Bertz CT molecular complexity index is 805. The van der Waals surface area contributed by atoms with E-state index >= 15 is 0 Å². The zero-order valence-electron chi connectivity index (χ0n) is 12.3. The van der Waals surface area contributed by atoms with Gasteiger partial charge in [0.2, 0.25) is 0 Å². The number of ether oxygens (including phenoxy) is 1. The first-order chi connectivity index (χ1) is 10.8. The summed E-state index contributed by atoms with van der Waals surface area (Å²) in [6.45, 7) is 3.41. The zero-order chi connectivity index (χ0) is 14.9. The second-order valence-corrected chi connectivity index (χ2v) is 5.48. The van der Waals surface area contributed by atoms with Crippen LogP contribution in [0.15, 0.2) is 48.8 Å². The fraction of sp³-hybridized carbons (Fsp3) is 0.235. The summed E-state index contributed by atoms with van der Waals surface area (Å²) in [4.78, 5) is 6.83. The third-order valence-electron chi connectivity index (χ3n) is 4.05. The maximum atomic E-state index is 5.90. The van der Waals surface area contributed by atoms with Crippen molar-refractivity contribution in [3.05, 3.63) is 48.8 Å². The highest BCUT2D eigenvalue weighted by Gasteiger charge is 2.13. The minimum absolute atomic E-state index is 0.761. The van der Waals surface area contributed by atoms with Gasteiger partial charge in [-0.05, 0) is 24.3 Å². The molecule has 5 nitrogen and oxygen atoms in total. The molecule has 1 fully saturated rings. The second kappa shape index (κ2) is 5.35. The summed E-state index contributed by atoms with van der Waals surface area (Å²) in [5.74, 6) is 0. The standard InChI is InChI=1S/C17H18N4O/c18-14-3-1-2-13(10-14)16-11-19-17-5-4-15(12-21(16)17)20-6-8-22-9-7-20/h1-5,10-12H,6-9,18H2. The van der Waals surface area contributed by atoms with Crippen LogP contribution in [0.4, 0.5) is 11.4 Å². The van der Waals surface area contributed by atoms with Crippen molar-refractivity contribution in [1.29, 1.82) is 0 Å². The minimum atomic E-state index is 0.761. The maximum absolute atomic E-state index is 5.90. The molecule has 0 amide bonds. The summed E-state index contributed by atoms with van der Waals surface area (Å²) in [5, 5.41) is 0. The lowest BCUT2D eigenvalue weighted by molar-refractivity contribution is 0.122. The summed E-state index contributed by atoms with van der Waals surface area (Å²) in [6.07, 6.45) is 4.04. The Kier molecular flexibility index (Phi) is 3.20. The van der Waals surface area contributed by atoms with Crippen molar-refractivity contribution in [2.45, 2.75) is 0 Å². The molecule has 112 valence electrons. The molecule has 2 aromatic heterocycles. The molecule has 0 aliphatic carbocycles. The zero-order valence-corrected chi connectivity index (χ0v) is 12.3. The molecule has 3 aromatic rings. The Morgan fingerprint density at radius 3 is 2.77 bits per heavy atom. The molecule has 5 heteroatoms. The molecule has 1 saturated heterocycles. The van der Waals surface area contributed by atoms with Crippen molar-refractivity contribution in [2.75, 3.05) is 36.9 Å². The average molecular weight is 294 g/mol. The van der Waals surface area contributed by atoms with E-state index in [1.165, 1.54) is 5.69 Å². The number of hydrogen-bond donors (Lipinski definition) is 1. The van der Waals surface area contributed by atoms with Crippen LogP contribution in [-0.4, -0.2) is 35.7 Å². The van der Waals surface area contributed by atoms with Gasteiger partial charge in [0.15, 0.2) is 0 Å². The first-order valence-electron chi connectivity index (χ1n) is 7.47. The molecule has 0 radical (unpaired) electrons. The first-order valence-corrected chi connectivity index (χ1v) is 7.47. The van der Waals surface area contributed by atoms with E-state index in [1.807, 2.05) is 24.4 Å². The van der Waals surface area contributed by atoms with Gasteiger partial charge in [-0.1, -0.05) is 12.1 Å². The Labute approximate surface area is 128 Å². The van der Waals surface area contributed by atoms with Crippen molar-refractivity contribution in [3.8, 4) is 11.3 Å². The normalized spacial score (nSPS) is 15.4. The van der Waals surface area contributed by atoms with Gasteiger partial charge in [-0.2, -0.15) is 0 Å². The molecule has 0 bridgehead atoms. The summed E-state index contributed by atoms with van der Waals surface area (Å²) in [7, 11) is 0. The summed E-state index contributed by atoms with van der Waals surface area (Å²) in [5.41, 5.74) is 10.9. The van der Waals surface area contributed by atoms with Crippen molar-refractivity contribution >= 4 is 17.0 Å². The van der Waals surface area contributed by atoms with Crippen LogP contribution in [0.25, 0.3) is 16.9 Å². The van der Waals surface area contributed by atoms with E-state index < -0.39 is 0 Å². The lowest BCUT2D eigenvalue weighted by Gasteiger charge is -2.28. The minimum Gasteiger partial charge on any atom is -0.399 e. The highest BCUT2D eigenvalue weighted by atomic mass is 16.5. The van der Waals surface area contributed by atoms with Crippen LogP contribution in [0.2, 0.25) is 0 Å². The van der Waals surface area contributed by atoms with Gasteiger partial charge < -0.3 is 15.4 Å². The number of morpholine rings is 1. The van der Waals surface area contributed by atoms with E-state index in [4.69, 9.17) is 10.5 Å². The van der Waals surface area contributed by atoms with Crippen LogP contribution in [0.3, 0.4) is 0 Å². The predicted octanol–water partition coefficient (Wildman–Crippen LogP) is 2.42. The lowest BCUT2D eigenvalue weighted by Crippen LogP contribution is -2.36. The number of pyridine rings is 1. The number of nitrogens with two attached hydrogens (primary N) is 1. The van der Waals surface area contributed by atoms with Crippen molar-refractivity contribution in [3.63, 3.8) is 0 Å². The van der Waals surface area contributed by atoms with E-state index in [1.54, 1.807) is 0 Å². The summed E-state index contributed by atoms with van der Waals surface area (Å²) >= 11 is 0. The fourth-order valence-corrected chi connectivity index (χ4v) is 2.89. The lowest BCUT2D eigenvalue weighted by atomic mass is 10.1. The average Bonchev–Trinajstić information content (AvgIpc) is 2.99. The van der Waals surface area contributed by atoms with Gasteiger partial charge in [0.1, 0.15) is 5.65 Å². The topological polar surface area (TPSA) is 55.8 Å². The number of benzene rings is 1. The Hall–Kier alpha value is -2.53. The number of nitrogen functional groups attached to an aromatic ring is 1. The quantitative estimate of drug-likeness (QED) is 0.738. The van der Waals surface area contributed by atoms with Crippen LogP contribution in [-0.2, 0) is 4.74 Å². The van der Waals surface area contributed by atoms with E-state index in [-0.39, 0.29) is 0 Å². The Morgan fingerprint density at radius 2 is 1.95 bits per heavy atom. The van der Waals surface area contributed by atoms with Crippen LogP contribution >= 0.6 is 0 Å². The summed E-state index contributed by atoms with van der Waals surface area (Å²) < 4.78 is 7.55. The van der Waals surface area contributed by atoms with Crippen molar-refractivity contribution in [1.82, 2.24) is 9.38 Å². The fourth-order valence-electron chi connectivity index (χ4n) is 2.89. The number of aromatic nitrogens is 2. The SMILES string of the molecule is Nc1cccc(-c2cnc3ccc(N4CCOCC4)cn23)c1. The van der Waals surface area contributed by atoms with Crippen molar-refractivity contribution < 1.29 is 4.74 Å². The van der Waals surface area contributed by atoms with Gasteiger partial charge in [0.25, 0.3) is 0 Å². The van der Waals surface area contributed by atoms with E-state index in [2.05, 4.69) is 38.7 Å². The van der Waals surface area contributed by atoms with Gasteiger partial charge in [-0.3, -0.25) is 4.40 Å². The Balaban J connectivity index is 1.79. The molecule has 1 aliphatic heterocycles. The number of nitrogens with zero attached hydrogens (tertiary/aromatic N) is 3. The largest absolute Gasteiger partial charge is 0.399 e. The molecule has 1 aliphatic rings. The Morgan fingerprint density at radius 1 is 1.09 bits per heavy atom. The molecule has 4 rings (SSSR count). The molecule has 0 atom stereocenters. The van der Waals surface area contributed by atoms with E-state index in [0.717, 1.165) is 48.9 Å². The van der Waals surface area contributed by atoms with Crippen molar-refractivity contribution in [2.24, 2.45) is 0 Å². The monoisotopic (exact) mass is 294 g/mol. The molecule has 0 spiro atoms. The number of anilines is 2. The van der Waals surface area contributed by atoms with Crippen LogP contribution in [0.1, 0.15) is 0 Å². The van der Waals surface area contributed by atoms with E-state index in [9.17, 15) is 0 Å². The third kappa shape index (κ3) is 2.29. The second-order valence-electron chi connectivity index (χ2n) is 5.48. The summed E-state index contributed by atoms with van der Waals surface area (Å²) in [6, 6.07) is 12.1. The molecular weight excluding hydrogens is 276 g/mol.